The van der Waals surface area contributed by atoms with E-state index < -0.39 is 0 Å². The molecule has 2 heteroatoms. The fourth-order valence-electron chi connectivity index (χ4n) is 9.23. The van der Waals surface area contributed by atoms with Crippen molar-refractivity contribution in [3.8, 4) is 22.3 Å². The molecule has 7 aromatic carbocycles. The molecule has 2 atom stereocenters. The summed E-state index contributed by atoms with van der Waals surface area (Å²) in [5, 5.41) is 0. The first-order chi connectivity index (χ1) is 30.3. The van der Waals surface area contributed by atoms with Crippen LogP contribution in [0.2, 0.25) is 0 Å². The molecule has 0 spiro atoms. The summed E-state index contributed by atoms with van der Waals surface area (Å²) >= 11 is 0. The van der Waals surface area contributed by atoms with Crippen LogP contribution in [0.25, 0.3) is 22.3 Å². The van der Waals surface area contributed by atoms with E-state index in [4.69, 9.17) is 0 Å². The van der Waals surface area contributed by atoms with E-state index in [0.29, 0.717) is 5.92 Å². The van der Waals surface area contributed by atoms with Crippen molar-refractivity contribution in [2.24, 2.45) is 5.92 Å². The molecule has 0 bridgehead atoms. The van der Waals surface area contributed by atoms with Gasteiger partial charge in [-0.2, -0.15) is 0 Å². The smallest absolute Gasteiger partial charge is 0.0461 e. The van der Waals surface area contributed by atoms with Gasteiger partial charge in [-0.05, 0) is 141 Å². The van der Waals surface area contributed by atoms with E-state index in [0.717, 1.165) is 12.8 Å². The van der Waals surface area contributed by atoms with Gasteiger partial charge in [0, 0.05) is 40.9 Å². The molecule has 9 rings (SSSR count). The summed E-state index contributed by atoms with van der Waals surface area (Å²) < 4.78 is 0. The first kappa shape index (κ1) is 43.3. The molecule has 63 heavy (non-hydrogen) atoms. The molecule has 0 aliphatic heterocycles. The van der Waals surface area contributed by atoms with Gasteiger partial charge in [-0.1, -0.05) is 188 Å². The van der Waals surface area contributed by atoms with Gasteiger partial charge in [0.1, 0.15) is 0 Å². The monoisotopic (exact) mass is 825 g/mol. The quantitative estimate of drug-likeness (QED) is 0.143. The van der Waals surface area contributed by atoms with Gasteiger partial charge in [0.05, 0.1) is 0 Å². The van der Waals surface area contributed by atoms with Crippen LogP contribution in [-0.2, 0) is 16.2 Å². The zero-order chi connectivity index (χ0) is 44.4. The molecule has 2 aliphatic carbocycles. The lowest BCUT2D eigenvalue weighted by Gasteiger charge is -2.33. The van der Waals surface area contributed by atoms with Crippen molar-refractivity contribution >= 4 is 22.7 Å². The minimum Gasteiger partial charge on any atom is -0.345 e. The number of rotatable bonds is 9. The zero-order valence-electron chi connectivity index (χ0n) is 38.9. The minimum atomic E-state index is -0.314. The Hall–Kier alpha value is -6.38. The van der Waals surface area contributed by atoms with Gasteiger partial charge in [0.15, 0.2) is 0 Å². The highest BCUT2D eigenvalue weighted by Crippen LogP contribution is 2.56. The summed E-state index contributed by atoms with van der Waals surface area (Å²) in [6.07, 6.45) is 9.12. The van der Waals surface area contributed by atoms with Crippen LogP contribution in [0.3, 0.4) is 0 Å². The van der Waals surface area contributed by atoms with Crippen LogP contribution in [0.15, 0.2) is 200 Å². The molecule has 0 heterocycles. The molecule has 0 N–H and O–H groups in total. The molecule has 0 radical (unpaired) electrons. The molecular weight excluding hydrogens is 761 g/mol. The van der Waals surface area contributed by atoms with E-state index in [1.54, 1.807) is 0 Å². The van der Waals surface area contributed by atoms with Crippen molar-refractivity contribution < 1.29 is 0 Å². The maximum absolute atomic E-state index is 2.53. The lowest BCUT2D eigenvalue weighted by atomic mass is 9.69. The van der Waals surface area contributed by atoms with Crippen molar-refractivity contribution in [1.29, 1.82) is 0 Å². The fourth-order valence-corrected chi connectivity index (χ4v) is 9.23. The average molecular weight is 825 g/mol. The predicted molar refractivity (Wildman–Crippen MR) is 272 cm³/mol. The molecule has 0 amide bonds. The van der Waals surface area contributed by atoms with Crippen LogP contribution in [0, 0.1) is 5.92 Å². The maximum atomic E-state index is 2.53. The van der Waals surface area contributed by atoms with E-state index >= 15 is 0 Å². The number of nitrogens with zero attached hydrogens (tertiary/aromatic N) is 2. The SMILES string of the molecule is CCC(C)(C)c1ccc2c(c1)C(C)(c1ccccc1-c1ccc(N(C3=CCC(C)C=C3)c3ccccc3)cc1)c1cc(C(C)(C)C)ccc1-2.CN(c1ccccc1)c1ccccc1. The van der Waals surface area contributed by atoms with Gasteiger partial charge < -0.3 is 9.80 Å². The molecular formula is C61H64N2. The van der Waals surface area contributed by atoms with Crippen LogP contribution in [0.5, 0.6) is 0 Å². The third-order valence-corrected chi connectivity index (χ3v) is 13.7. The molecule has 2 aliphatic rings. The van der Waals surface area contributed by atoms with Crippen molar-refractivity contribution in [2.75, 3.05) is 16.8 Å². The van der Waals surface area contributed by atoms with Crippen molar-refractivity contribution in [3.05, 3.63) is 228 Å². The third-order valence-electron chi connectivity index (χ3n) is 13.7. The summed E-state index contributed by atoms with van der Waals surface area (Å²) in [5.74, 6) is 0.566. The summed E-state index contributed by atoms with van der Waals surface area (Å²) in [6, 6.07) is 64.3. The normalized spacial score (nSPS) is 16.6. The van der Waals surface area contributed by atoms with Crippen LogP contribution in [0.4, 0.5) is 22.7 Å². The lowest BCUT2D eigenvalue weighted by molar-refractivity contribution is 0.505. The first-order valence-corrected chi connectivity index (χ1v) is 22.9. The number of fused-ring (bicyclic) bond motifs is 3. The summed E-state index contributed by atoms with van der Waals surface area (Å²) in [4.78, 5) is 4.55. The number of hydrogen-bond donors (Lipinski definition) is 0. The van der Waals surface area contributed by atoms with Crippen LogP contribution in [-0.4, -0.2) is 7.05 Å². The zero-order valence-corrected chi connectivity index (χ0v) is 38.9. The standard InChI is InChI=1S/C48H51N.C13H13N/c1-9-47(6,7)36-24-30-42-41-29-23-35(46(3,4)5)31-44(41)48(8,45(42)32-36)43-18-14-13-17-40(43)34-21-27-39(28-22-34)49(37-15-11-10-12-16-37)38-25-19-33(2)20-26-38;1-14(12-8-4-2-5-9-12)13-10-6-3-7-11-13/h10-19,21-33H,9,20H2,1-8H3;2-11H,1H3. The number of allylic oxidation sites excluding steroid dienone is 3. The Morgan fingerprint density at radius 2 is 1.03 bits per heavy atom. The fraction of sp³-hybridized carbons (Fsp3) is 0.246. The van der Waals surface area contributed by atoms with Gasteiger partial charge in [-0.25, -0.2) is 0 Å². The van der Waals surface area contributed by atoms with Crippen molar-refractivity contribution in [3.63, 3.8) is 0 Å². The summed E-state index contributed by atoms with van der Waals surface area (Å²) in [7, 11) is 2.07. The number of anilines is 4. The minimum absolute atomic E-state index is 0.0566. The molecule has 0 saturated heterocycles. The molecule has 318 valence electrons. The highest BCUT2D eigenvalue weighted by Gasteiger charge is 2.43. The van der Waals surface area contributed by atoms with E-state index in [2.05, 4.69) is 254 Å². The number of para-hydroxylation sites is 3. The molecule has 0 fully saturated rings. The highest BCUT2D eigenvalue weighted by molar-refractivity contribution is 5.87. The Bertz CT molecular complexity index is 2680. The third kappa shape index (κ3) is 8.69. The number of hydrogen-bond acceptors (Lipinski definition) is 2. The Morgan fingerprint density at radius 3 is 1.56 bits per heavy atom. The van der Waals surface area contributed by atoms with E-state index in [-0.39, 0.29) is 16.2 Å². The van der Waals surface area contributed by atoms with Crippen LogP contribution in [0.1, 0.15) is 96.0 Å². The lowest BCUT2D eigenvalue weighted by Crippen LogP contribution is -2.25. The number of benzene rings is 7. The van der Waals surface area contributed by atoms with Crippen LogP contribution >= 0.6 is 0 Å². The Labute approximate surface area is 378 Å². The first-order valence-electron chi connectivity index (χ1n) is 22.9. The van der Waals surface area contributed by atoms with Crippen molar-refractivity contribution in [1.82, 2.24) is 0 Å². The van der Waals surface area contributed by atoms with Gasteiger partial charge in [0.25, 0.3) is 0 Å². The molecule has 0 saturated carbocycles. The Morgan fingerprint density at radius 1 is 0.540 bits per heavy atom. The second kappa shape index (κ2) is 17.8. The topological polar surface area (TPSA) is 6.48 Å². The van der Waals surface area contributed by atoms with E-state index in [1.807, 2.05) is 12.1 Å². The van der Waals surface area contributed by atoms with Gasteiger partial charge in [-0.3, -0.25) is 0 Å². The molecule has 0 aromatic heterocycles. The second-order valence-electron chi connectivity index (χ2n) is 19.3. The highest BCUT2D eigenvalue weighted by atomic mass is 15.1. The van der Waals surface area contributed by atoms with Crippen molar-refractivity contribution in [2.45, 2.75) is 84.5 Å². The van der Waals surface area contributed by atoms with Gasteiger partial charge in [0.2, 0.25) is 0 Å². The van der Waals surface area contributed by atoms with E-state index in [9.17, 15) is 0 Å². The van der Waals surface area contributed by atoms with Gasteiger partial charge >= 0.3 is 0 Å². The summed E-state index contributed by atoms with van der Waals surface area (Å²) in [5.41, 5.74) is 18.0. The van der Waals surface area contributed by atoms with Gasteiger partial charge in [-0.15, -0.1) is 0 Å². The predicted octanol–water partition coefficient (Wildman–Crippen LogP) is 16.7. The Balaban J connectivity index is 0.000000329. The molecule has 2 unspecified atom stereocenters. The maximum Gasteiger partial charge on any atom is 0.0461 e. The van der Waals surface area contributed by atoms with Crippen LogP contribution < -0.4 is 9.80 Å². The summed E-state index contributed by atoms with van der Waals surface area (Å²) in [6.45, 7) is 18.8. The largest absolute Gasteiger partial charge is 0.345 e. The molecule has 2 nitrogen and oxygen atoms in total. The average Bonchev–Trinajstić information content (AvgIpc) is 3.58. The Kier molecular flexibility index (Phi) is 12.2. The second-order valence-corrected chi connectivity index (χ2v) is 19.3. The molecule has 7 aromatic rings. The van der Waals surface area contributed by atoms with E-state index in [1.165, 1.54) is 78.5 Å².